The summed E-state index contributed by atoms with van der Waals surface area (Å²) in [4.78, 5) is 5.02. The molecule has 4 rings (SSSR count). The summed E-state index contributed by atoms with van der Waals surface area (Å²) in [5, 5.41) is 22.8. The molecule has 2 aromatic carbocycles. The molecule has 0 aliphatic carbocycles. The SMILES string of the molecule is CC(C)(C)c1cc(CN2CCCC2)cc(Cc2cc(CN3CCCC3)cc(C(C)(C)C)c2O)c1O. The molecule has 0 amide bonds. The van der Waals surface area contributed by atoms with Crippen molar-refractivity contribution in [3.05, 3.63) is 57.6 Å². The number of hydrogen-bond acceptors (Lipinski definition) is 4. The van der Waals surface area contributed by atoms with Gasteiger partial charge < -0.3 is 10.2 Å². The van der Waals surface area contributed by atoms with Gasteiger partial charge in [-0.1, -0.05) is 65.8 Å². The highest BCUT2D eigenvalue weighted by Crippen LogP contribution is 2.40. The molecule has 0 saturated carbocycles. The molecule has 0 aromatic heterocycles. The van der Waals surface area contributed by atoms with Crippen LogP contribution in [0.1, 0.15) is 101 Å². The zero-order chi connectivity index (χ0) is 25.4. The smallest absolute Gasteiger partial charge is 0.122 e. The quantitative estimate of drug-likeness (QED) is 0.499. The molecule has 2 aliphatic rings. The van der Waals surface area contributed by atoms with Crippen LogP contribution in [0.15, 0.2) is 24.3 Å². The van der Waals surface area contributed by atoms with Gasteiger partial charge in [-0.15, -0.1) is 0 Å². The highest BCUT2D eigenvalue weighted by atomic mass is 16.3. The minimum absolute atomic E-state index is 0.157. The van der Waals surface area contributed by atoms with E-state index in [4.69, 9.17) is 0 Å². The van der Waals surface area contributed by atoms with E-state index in [0.29, 0.717) is 17.9 Å². The van der Waals surface area contributed by atoms with Crippen LogP contribution in [0, 0.1) is 0 Å². The number of hydrogen-bond donors (Lipinski definition) is 2. The number of phenols is 2. The standard InChI is InChI=1S/C31H46N2O2/c1-30(2,3)26-17-22(20-32-11-7-8-12-32)15-24(28(26)34)19-25-16-23(21-33-13-9-10-14-33)18-27(29(25)35)31(4,5)6/h15-18,34-35H,7-14,19-21H2,1-6H3. The van der Waals surface area contributed by atoms with Crippen LogP contribution in [-0.4, -0.2) is 46.2 Å². The van der Waals surface area contributed by atoms with Crippen LogP contribution in [-0.2, 0) is 30.3 Å². The predicted molar refractivity (Wildman–Crippen MR) is 145 cm³/mol. The first kappa shape index (κ1) is 26.0. The van der Waals surface area contributed by atoms with Crippen LogP contribution in [0.2, 0.25) is 0 Å². The molecule has 2 aliphatic heterocycles. The molecule has 0 unspecified atom stereocenters. The first-order valence-electron chi connectivity index (χ1n) is 13.6. The molecule has 35 heavy (non-hydrogen) atoms. The van der Waals surface area contributed by atoms with Crippen LogP contribution in [0.4, 0.5) is 0 Å². The predicted octanol–water partition coefficient (Wildman–Crippen LogP) is 6.48. The Morgan fingerprint density at radius 3 is 1.26 bits per heavy atom. The number of rotatable bonds is 6. The summed E-state index contributed by atoms with van der Waals surface area (Å²) in [5.74, 6) is 0.758. The van der Waals surface area contributed by atoms with E-state index in [2.05, 4.69) is 75.6 Å². The molecule has 0 radical (unpaired) electrons. The van der Waals surface area contributed by atoms with E-state index in [1.54, 1.807) is 0 Å². The topological polar surface area (TPSA) is 46.9 Å². The van der Waals surface area contributed by atoms with Crippen LogP contribution in [0.5, 0.6) is 11.5 Å². The second-order valence-electron chi connectivity index (χ2n) is 12.9. The van der Waals surface area contributed by atoms with Crippen molar-refractivity contribution in [3.8, 4) is 11.5 Å². The van der Waals surface area contributed by atoms with Crippen LogP contribution in [0.25, 0.3) is 0 Å². The maximum Gasteiger partial charge on any atom is 0.122 e. The number of phenolic OH excluding ortho intramolecular Hbond substituents is 2. The van der Waals surface area contributed by atoms with E-state index in [9.17, 15) is 10.2 Å². The van der Waals surface area contributed by atoms with Crippen molar-refractivity contribution in [2.75, 3.05) is 26.2 Å². The molecule has 4 heteroatoms. The van der Waals surface area contributed by atoms with Gasteiger partial charge in [-0.25, -0.2) is 0 Å². The molecule has 0 spiro atoms. The number of nitrogens with zero attached hydrogens (tertiary/aromatic N) is 2. The molecule has 2 N–H and O–H groups in total. The van der Waals surface area contributed by atoms with Gasteiger partial charge in [0.2, 0.25) is 0 Å². The van der Waals surface area contributed by atoms with Crippen molar-refractivity contribution in [1.29, 1.82) is 0 Å². The lowest BCUT2D eigenvalue weighted by molar-refractivity contribution is 0.330. The van der Waals surface area contributed by atoms with Gasteiger partial charge >= 0.3 is 0 Å². The summed E-state index contributed by atoms with van der Waals surface area (Å²) in [7, 11) is 0. The minimum atomic E-state index is -0.157. The number of likely N-dealkylation sites (tertiary alicyclic amines) is 2. The van der Waals surface area contributed by atoms with Crippen molar-refractivity contribution >= 4 is 0 Å². The normalized spacial score (nSPS) is 18.0. The van der Waals surface area contributed by atoms with Crippen molar-refractivity contribution in [2.45, 2.75) is 97.6 Å². The van der Waals surface area contributed by atoms with Gasteiger partial charge in [0.05, 0.1) is 0 Å². The third-order valence-corrected chi connectivity index (χ3v) is 7.70. The van der Waals surface area contributed by atoms with E-state index in [1.165, 1.54) is 36.8 Å². The third kappa shape index (κ3) is 6.21. The molecular formula is C31H46N2O2. The Balaban J connectivity index is 1.74. The molecule has 0 bridgehead atoms. The largest absolute Gasteiger partial charge is 0.507 e. The Morgan fingerprint density at radius 2 is 0.943 bits per heavy atom. The molecule has 192 valence electrons. The van der Waals surface area contributed by atoms with Crippen molar-refractivity contribution in [3.63, 3.8) is 0 Å². The maximum atomic E-state index is 11.4. The second kappa shape index (κ2) is 10.1. The molecular weight excluding hydrogens is 432 g/mol. The highest BCUT2D eigenvalue weighted by Gasteiger charge is 2.26. The highest BCUT2D eigenvalue weighted by molar-refractivity contribution is 5.53. The lowest BCUT2D eigenvalue weighted by Gasteiger charge is -2.26. The third-order valence-electron chi connectivity index (χ3n) is 7.70. The summed E-state index contributed by atoms with van der Waals surface area (Å²) >= 11 is 0. The Bertz CT molecular complexity index is 950. The summed E-state index contributed by atoms with van der Waals surface area (Å²) in [6.45, 7) is 19.4. The summed E-state index contributed by atoms with van der Waals surface area (Å²) in [6, 6.07) is 8.74. The average molecular weight is 479 g/mol. The van der Waals surface area contributed by atoms with E-state index in [1.807, 2.05) is 0 Å². The Labute approximate surface area is 213 Å². The molecule has 2 aromatic rings. The first-order valence-corrected chi connectivity index (χ1v) is 13.6. The Kier molecular flexibility index (Phi) is 7.54. The van der Waals surface area contributed by atoms with E-state index >= 15 is 0 Å². The van der Waals surface area contributed by atoms with Gasteiger partial charge in [0.15, 0.2) is 0 Å². The minimum Gasteiger partial charge on any atom is -0.507 e. The lowest BCUT2D eigenvalue weighted by atomic mass is 9.81. The Morgan fingerprint density at radius 1 is 0.600 bits per heavy atom. The van der Waals surface area contributed by atoms with E-state index in [-0.39, 0.29) is 10.8 Å². The van der Waals surface area contributed by atoms with Gasteiger partial charge in [0.1, 0.15) is 11.5 Å². The molecule has 4 nitrogen and oxygen atoms in total. The maximum absolute atomic E-state index is 11.4. The van der Waals surface area contributed by atoms with E-state index < -0.39 is 0 Å². The van der Waals surface area contributed by atoms with Crippen molar-refractivity contribution in [1.82, 2.24) is 9.80 Å². The monoisotopic (exact) mass is 478 g/mol. The van der Waals surface area contributed by atoms with Crippen molar-refractivity contribution in [2.24, 2.45) is 0 Å². The van der Waals surface area contributed by atoms with Gasteiger partial charge in [0, 0.05) is 19.5 Å². The molecule has 0 atom stereocenters. The van der Waals surface area contributed by atoms with Gasteiger partial charge in [0.25, 0.3) is 0 Å². The van der Waals surface area contributed by atoms with Crippen molar-refractivity contribution < 1.29 is 10.2 Å². The summed E-state index contributed by atoms with van der Waals surface area (Å²) in [5.41, 5.74) is 6.02. The van der Waals surface area contributed by atoms with Crippen LogP contribution in [0.3, 0.4) is 0 Å². The zero-order valence-electron chi connectivity index (χ0n) is 22.9. The van der Waals surface area contributed by atoms with Gasteiger partial charge in [-0.2, -0.15) is 0 Å². The summed E-state index contributed by atoms with van der Waals surface area (Å²) < 4.78 is 0. The zero-order valence-corrected chi connectivity index (χ0v) is 22.9. The fourth-order valence-corrected chi connectivity index (χ4v) is 5.72. The lowest BCUT2D eigenvalue weighted by Crippen LogP contribution is -2.20. The molecule has 2 fully saturated rings. The van der Waals surface area contributed by atoms with Gasteiger partial charge in [-0.05, 0) is 96.1 Å². The van der Waals surface area contributed by atoms with Crippen LogP contribution >= 0.6 is 0 Å². The fourth-order valence-electron chi connectivity index (χ4n) is 5.72. The van der Waals surface area contributed by atoms with E-state index in [0.717, 1.165) is 61.5 Å². The fraction of sp³-hybridized carbons (Fsp3) is 0.613. The first-order chi connectivity index (χ1) is 16.4. The average Bonchev–Trinajstić information content (AvgIpc) is 3.45. The van der Waals surface area contributed by atoms with Crippen LogP contribution < -0.4 is 0 Å². The van der Waals surface area contributed by atoms with Gasteiger partial charge in [-0.3, -0.25) is 9.80 Å². The summed E-state index contributed by atoms with van der Waals surface area (Å²) in [6.07, 6.45) is 5.61. The second-order valence-corrected chi connectivity index (χ2v) is 12.9. The molecule has 2 heterocycles. The number of benzene rings is 2. The number of aromatic hydroxyl groups is 2. The molecule has 2 saturated heterocycles. The Hall–Kier alpha value is -2.04.